The zero-order chi connectivity index (χ0) is 9.14. The summed E-state index contributed by atoms with van der Waals surface area (Å²) in [4.78, 5) is 12.3. The van der Waals surface area contributed by atoms with Crippen LogP contribution in [0.1, 0.15) is 13.3 Å². The predicted octanol–water partition coefficient (Wildman–Crippen LogP) is 0.751. The Hall–Kier alpha value is -0.640. The van der Waals surface area contributed by atoms with E-state index in [9.17, 15) is 9.18 Å². The molecule has 0 aromatic heterocycles. The summed E-state index contributed by atoms with van der Waals surface area (Å²) in [5.41, 5.74) is 0. The number of halogens is 1. The fourth-order valence-corrected chi connectivity index (χ4v) is 1.42. The summed E-state index contributed by atoms with van der Waals surface area (Å²) in [7, 11) is 0. The molecule has 2 atom stereocenters. The highest BCUT2D eigenvalue weighted by Gasteiger charge is 2.24. The Labute approximate surface area is 71.2 Å². The van der Waals surface area contributed by atoms with Gasteiger partial charge in [0.1, 0.15) is 6.17 Å². The molecule has 4 heteroatoms. The number of hydrogen-bond donors (Lipinski definition) is 1. The van der Waals surface area contributed by atoms with Gasteiger partial charge in [0.15, 0.2) is 0 Å². The Morgan fingerprint density at radius 3 is 2.92 bits per heavy atom. The van der Waals surface area contributed by atoms with Gasteiger partial charge in [-0.3, -0.25) is 9.69 Å². The smallest absolute Gasteiger partial charge is 0.307 e. The molecule has 70 valence electrons. The van der Waals surface area contributed by atoms with E-state index >= 15 is 0 Å². The van der Waals surface area contributed by atoms with Crippen LogP contribution in [0.25, 0.3) is 0 Å². The summed E-state index contributed by atoms with van der Waals surface area (Å²) in [5.74, 6) is -1.20. The number of nitrogens with zero attached hydrogens (tertiary/aromatic N) is 1. The van der Waals surface area contributed by atoms with Crippen LogP contribution in [-0.4, -0.2) is 41.8 Å². The number of hydrogen-bond acceptors (Lipinski definition) is 2. The van der Waals surface area contributed by atoms with Crippen LogP contribution in [0.4, 0.5) is 4.39 Å². The Bertz CT molecular complexity index is 174. The molecule has 3 nitrogen and oxygen atoms in total. The van der Waals surface area contributed by atoms with Crippen molar-refractivity contribution in [3.05, 3.63) is 0 Å². The van der Waals surface area contributed by atoms with Crippen molar-refractivity contribution < 1.29 is 14.3 Å². The Kier molecular flexibility index (Phi) is 3.03. The van der Waals surface area contributed by atoms with E-state index < -0.39 is 18.1 Å². The molecule has 0 bridgehead atoms. The molecule has 0 aliphatic carbocycles. The molecular formula is C8H14FNO2. The standard InChI is InChI=1S/C8H14FNO2/c1-6(8(11)12)4-10-3-2-7(9)5-10/h6-7H,2-5H2,1H3,(H,11,12). The lowest BCUT2D eigenvalue weighted by molar-refractivity contribution is -0.141. The first-order valence-corrected chi connectivity index (χ1v) is 4.19. The van der Waals surface area contributed by atoms with E-state index in [4.69, 9.17) is 5.11 Å². The number of likely N-dealkylation sites (tertiary alicyclic amines) is 1. The van der Waals surface area contributed by atoms with Crippen molar-refractivity contribution in [2.45, 2.75) is 19.5 Å². The van der Waals surface area contributed by atoms with Gasteiger partial charge in [0, 0.05) is 19.6 Å². The molecule has 12 heavy (non-hydrogen) atoms. The lowest BCUT2D eigenvalue weighted by Gasteiger charge is -2.16. The molecule has 0 amide bonds. The van der Waals surface area contributed by atoms with Gasteiger partial charge in [-0.05, 0) is 6.42 Å². The molecule has 2 unspecified atom stereocenters. The first kappa shape index (κ1) is 9.45. The molecule has 1 fully saturated rings. The van der Waals surface area contributed by atoms with Crippen molar-refractivity contribution in [3.63, 3.8) is 0 Å². The van der Waals surface area contributed by atoms with E-state index in [0.717, 1.165) is 0 Å². The van der Waals surface area contributed by atoms with Gasteiger partial charge in [-0.15, -0.1) is 0 Å². The number of alkyl halides is 1. The minimum Gasteiger partial charge on any atom is -0.481 e. The van der Waals surface area contributed by atoms with E-state index in [-0.39, 0.29) is 0 Å². The summed E-state index contributed by atoms with van der Waals surface area (Å²) in [6.07, 6.45) is -0.210. The molecule has 1 heterocycles. The highest BCUT2D eigenvalue weighted by atomic mass is 19.1. The zero-order valence-electron chi connectivity index (χ0n) is 7.16. The van der Waals surface area contributed by atoms with E-state index in [1.165, 1.54) is 0 Å². The largest absolute Gasteiger partial charge is 0.481 e. The molecule has 1 N–H and O–H groups in total. The molecule has 1 saturated heterocycles. The average molecular weight is 175 g/mol. The summed E-state index contributed by atoms with van der Waals surface area (Å²) in [6, 6.07) is 0. The van der Waals surface area contributed by atoms with Gasteiger partial charge in [-0.1, -0.05) is 6.92 Å². The molecule has 0 spiro atoms. The van der Waals surface area contributed by atoms with Crippen LogP contribution >= 0.6 is 0 Å². The topological polar surface area (TPSA) is 40.5 Å². The van der Waals surface area contributed by atoms with Crippen LogP contribution < -0.4 is 0 Å². The predicted molar refractivity (Wildman–Crippen MR) is 42.8 cm³/mol. The second-order valence-electron chi connectivity index (χ2n) is 3.38. The molecule has 1 aliphatic heterocycles. The Morgan fingerprint density at radius 2 is 2.50 bits per heavy atom. The number of carboxylic acid groups (broad SMARTS) is 1. The number of aliphatic carboxylic acids is 1. The molecule has 0 radical (unpaired) electrons. The van der Waals surface area contributed by atoms with Gasteiger partial charge in [0.05, 0.1) is 5.92 Å². The first-order valence-electron chi connectivity index (χ1n) is 4.19. The van der Waals surface area contributed by atoms with Crippen molar-refractivity contribution in [1.82, 2.24) is 4.90 Å². The van der Waals surface area contributed by atoms with Gasteiger partial charge in [0.2, 0.25) is 0 Å². The van der Waals surface area contributed by atoms with Gasteiger partial charge in [-0.25, -0.2) is 4.39 Å². The minimum absolute atomic E-state index is 0.393. The summed E-state index contributed by atoms with van der Waals surface area (Å²) < 4.78 is 12.6. The van der Waals surface area contributed by atoms with Gasteiger partial charge in [0.25, 0.3) is 0 Å². The lowest BCUT2D eigenvalue weighted by Crippen LogP contribution is -2.30. The van der Waals surface area contributed by atoms with Crippen LogP contribution in [0.3, 0.4) is 0 Å². The molecular weight excluding hydrogens is 161 g/mol. The maximum Gasteiger partial charge on any atom is 0.307 e. The third-order valence-corrected chi connectivity index (χ3v) is 2.17. The van der Waals surface area contributed by atoms with E-state index in [1.807, 2.05) is 4.90 Å². The average Bonchev–Trinajstić information content (AvgIpc) is 2.35. The Morgan fingerprint density at radius 1 is 1.83 bits per heavy atom. The fourth-order valence-electron chi connectivity index (χ4n) is 1.42. The fraction of sp³-hybridized carbons (Fsp3) is 0.875. The third-order valence-electron chi connectivity index (χ3n) is 2.17. The summed E-state index contributed by atoms with van der Waals surface area (Å²) in [5, 5.41) is 8.59. The van der Waals surface area contributed by atoms with Crippen LogP contribution in [0.2, 0.25) is 0 Å². The third kappa shape index (κ3) is 2.44. The first-order chi connectivity index (χ1) is 5.59. The van der Waals surface area contributed by atoms with Crippen molar-refractivity contribution in [3.8, 4) is 0 Å². The normalized spacial score (nSPS) is 27.3. The van der Waals surface area contributed by atoms with Crippen molar-refractivity contribution in [1.29, 1.82) is 0 Å². The van der Waals surface area contributed by atoms with Crippen LogP contribution in [0.15, 0.2) is 0 Å². The SMILES string of the molecule is CC(CN1CCC(F)C1)C(=O)O. The van der Waals surface area contributed by atoms with Crippen molar-refractivity contribution in [2.24, 2.45) is 5.92 Å². The second kappa shape index (κ2) is 3.85. The number of rotatable bonds is 3. The van der Waals surface area contributed by atoms with Gasteiger partial charge in [-0.2, -0.15) is 0 Å². The Balaban J connectivity index is 2.27. The highest BCUT2D eigenvalue weighted by molar-refractivity contribution is 5.69. The number of carbonyl (C=O) groups is 1. The van der Waals surface area contributed by atoms with Crippen LogP contribution in [0.5, 0.6) is 0 Å². The zero-order valence-corrected chi connectivity index (χ0v) is 7.16. The van der Waals surface area contributed by atoms with Crippen LogP contribution in [-0.2, 0) is 4.79 Å². The quantitative estimate of drug-likeness (QED) is 0.688. The monoisotopic (exact) mass is 175 g/mol. The van der Waals surface area contributed by atoms with Crippen molar-refractivity contribution in [2.75, 3.05) is 19.6 Å². The van der Waals surface area contributed by atoms with E-state index in [0.29, 0.717) is 26.1 Å². The van der Waals surface area contributed by atoms with E-state index in [2.05, 4.69) is 0 Å². The maximum atomic E-state index is 12.6. The van der Waals surface area contributed by atoms with Crippen LogP contribution in [0, 0.1) is 5.92 Å². The summed E-state index contributed by atoms with van der Waals surface area (Å²) in [6.45, 7) is 3.21. The summed E-state index contributed by atoms with van der Waals surface area (Å²) >= 11 is 0. The lowest BCUT2D eigenvalue weighted by atomic mass is 10.2. The molecule has 0 saturated carbocycles. The van der Waals surface area contributed by atoms with Gasteiger partial charge < -0.3 is 5.11 Å². The number of carboxylic acids is 1. The van der Waals surface area contributed by atoms with Gasteiger partial charge >= 0.3 is 5.97 Å². The highest BCUT2D eigenvalue weighted by Crippen LogP contribution is 2.13. The van der Waals surface area contributed by atoms with E-state index in [1.54, 1.807) is 6.92 Å². The molecule has 1 rings (SSSR count). The molecule has 0 aromatic rings. The van der Waals surface area contributed by atoms with Crippen molar-refractivity contribution >= 4 is 5.97 Å². The second-order valence-corrected chi connectivity index (χ2v) is 3.38. The molecule has 1 aliphatic rings. The minimum atomic E-state index is -0.808. The molecule has 0 aromatic carbocycles. The maximum absolute atomic E-state index is 12.6.